The number of benzene rings is 1. The van der Waals surface area contributed by atoms with Crippen LogP contribution in [0.1, 0.15) is 24.2 Å². The Kier molecular flexibility index (Phi) is 5.52. The molecule has 0 aliphatic carbocycles. The van der Waals surface area contributed by atoms with E-state index in [0.29, 0.717) is 0 Å². The van der Waals surface area contributed by atoms with Crippen molar-refractivity contribution in [2.75, 3.05) is 12.8 Å². The maximum absolute atomic E-state index is 6.28. The van der Waals surface area contributed by atoms with E-state index in [-0.39, 0.29) is 6.04 Å². The van der Waals surface area contributed by atoms with Gasteiger partial charge in [0.2, 0.25) is 0 Å². The van der Waals surface area contributed by atoms with Gasteiger partial charge in [0.05, 0.1) is 23.0 Å². The molecule has 0 spiro atoms. The summed E-state index contributed by atoms with van der Waals surface area (Å²) in [5, 5.41) is 8.39. The van der Waals surface area contributed by atoms with Crippen molar-refractivity contribution in [3.8, 4) is 0 Å². The van der Waals surface area contributed by atoms with Gasteiger partial charge in [-0.25, -0.2) is 0 Å². The molecule has 0 radical (unpaired) electrons. The molecule has 5 heteroatoms. The third kappa shape index (κ3) is 3.37. The molecule has 0 saturated heterocycles. The number of halogens is 1. The lowest BCUT2D eigenvalue weighted by molar-refractivity contribution is 0.549. The Morgan fingerprint density at radius 2 is 2.15 bits per heavy atom. The van der Waals surface area contributed by atoms with Gasteiger partial charge < -0.3 is 5.32 Å². The molecule has 1 atom stereocenters. The molecule has 108 valence electrons. The van der Waals surface area contributed by atoms with Crippen molar-refractivity contribution in [3.63, 3.8) is 0 Å². The second-order valence-electron chi connectivity index (χ2n) is 4.61. The zero-order valence-corrected chi connectivity index (χ0v) is 13.6. The van der Waals surface area contributed by atoms with Gasteiger partial charge in [0.15, 0.2) is 0 Å². The summed E-state index contributed by atoms with van der Waals surface area (Å²) in [6, 6.07) is 8.63. The third-order valence-electron chi connectivity index (χ3n) is 3.31. The summed E-state index contributed by atoms with van der Waals surface area (Å²) in [5.74, 6) is 0.923. The normalized spacial score (nSPS) is 12.6. The largest absolute Gasteiger partial charge is 0.311 e. The summed E-state index contributed by atoms with van der Waals surface area (Å²) in [7, 11) is 1.96. The van der Waals surface area contributed by atoms with E-state index in [9.17, 15) is 0 Å². The number of aromatic nitrogens is 2. The minimum Gasteiger partial charge on any atom is -0.311 e. The first kappa shape index (κ1) is 15.4. The van der Waals surface area contributed by atoms with Gasteiger partial charge in [-0.15, -0.1) is 11.8 Å². The number of hydrogen-bond donors (Lipinski definition) is 1. The molecule has 1 aromatic heterocycles. The standard InChI is InChI=1S/C15H20ClN3S/c1-4-19-15(12(16)9-18-19)13(17-3)10-20-14-8-6-5-7-11(14)2/h5-9,13,17H,4,10H2,1-3H3. The number of thioether (sulfide) groups is 1. The first-order valence-electron chi connectivity index (χ1n) is 6.74. The van der Waals surface area contributed by atoms with Crippen LogP contribution in [0.25, 0.3) is 0 Å². The summed E-state index contributed by atoms with van der Waals surface area (Å²) in [4.78, 5) is 1.31. The molecule has 2 aromatic rings. The minimum absolute atomic E-state index is 0.189. The molecule has 1 aromatic carbocycles. The molecule has 0 amide bonds. The highest BCUT2D eigenvalue weighted by Crippen LogP contribution is 2.30. The Balaban J connectivity index is 2.13. The molecule has 0 bridgehead atoms. The molecule has 0 fully saturated rings. The lowest BCUT2D eigenvalue weighted by atomic mass is 10.2. The fourth-order valence-electron chi connectivity index (χ4n) is 2.16. The van der Waals surface area contributed by atoms with Crippen LogP contribution in [0.15, 0.2) is 35.4 Å². The second-order valence-corrected chi connectivity index (χ2v) is 6.08. The fourth-order valence-corrected chi connectivity index (χ4v) is 3.57. The summed E-state index contributed by atoms with van der Waals surface area (Å²) >= 11 is 8.12. The number of hydrogen-bond acceptors (Lipinski definition) is 3. The molecule has 3 nitrogen and oxygen atoms in total. The Hall–Kier alpha value is -0.970. The summed E-state index contributed by atoms with van der Waals surface area (Å²) in [6.45, 7) is 5.04. The van der Waals surface area contributed by atoms with Crippen LogP contribution in [0.3, 0.4) is 0 Å². The van der Waals surface area contributed by atoms with Crippen LogP contribution in [-0.4, -0.2) is 22.6 Å². The lowest BCUT2D eigenvalue weighted by Crippen LogP contribution is -2.22. The highest BCUT2D eigenvalue weighted by Gasteiger charge is 2.18. The summed E-state index contributed by atoms with van der Waals surface area (Å²) < 4.78 is 1.96. The molecule has 2 rings (SSSR count). The van der Waals surface area contributed by atoms with Gasteiger partial charge in [0.25, 0.3) is 0 Å². The molecular weight excluding hydrogens is 290 g/mol. The van der Waals surface area contributed by atoms with Crippen LogP contribution in [0, 0.1) is 6.92 Å². The van der Waals surface area contributed by atoms with Crippen LogP contribution in [-0.2, 0) is 6.54 Å². The van der Waals surface area contributed by atoms with Gasteiger partial charge in [0.1, 0.15) is 0 Å². The van der Waals surface area contributed by atoms with Crippen molar-refractivity contribution >= 4 is 23.4 Å². The van der Waals surface area contributed by atoms with Gasteiger partial charge in [-0.2, -0.15) is 5.10 Å². The van der Waals surface area contributed by atoms with Crippen LogP contribution in [0.2, 0.25) is 5.02 Å². The Labute approximate surface area is 129 Å². The summed E-state index contributed by atoms with van der Waals surface area (Å²) in [6.07, 6.45) is 1.73. The van der Waals surface area contributed by atoms with E-state index in [2.05, 4.69) is 48.5 Å². The van der Waals surface area contributed by atoms with Crippen molar-refractivity contribution in [2.45, 2.75) is 31.3 Å². The summed E-state index contributed by atoms with van der Waals surface area (Å²) in [5.41, 5.74) is 2.38. The zero-order valence-electron chi connectivity index (χ0n) is 12.1. The number of aryl methyl sites for hydroxylation is 2. The lowest BCUT2D eigenvalue weighted by Gasteiger charge is -2.18. The molecule has 0 saturated carbocycles. The van der Waals surface area contributed by atoms with E-state index in [1.807, 2.05) is 23.5 Å². The van der Waals surface area contributed by atoms with Crippen molar-refractivity contribution in [1.82, 2.24) is 15.1 Å². The smallest absolute Gasteiger partial charge is 0.0834 e. The predicted octanol–water partition coefficient (Wildman–Crippen LogP) is 3.92. The minimum atomic E-state index is 0.189. The van der Waals surface area contributed by atoms with Crippen LogP contribution >= 0.6 is 23.4 Å². The van der Waals surface area contributed by atoms with Gasteiger partial charge in [-0.05, 0) is 32.5 Å². The van der Waals surface area contributed by atoms with Crippen molar-refractivity contribution in [2.24, 2.45) is 0 Å². The third-order valence-corrected chi connectivity index (χ3v) is 4.87. The molecule has 1 heterocycles. The maximum Gasteiger partial charge on any atom is 0.0834 e. The molecular formula is C15H20ClN3S. The monoisotopic (exact) mass is 309 g/mol. The van der Waals surface area contributed by atoms with E-state index in [4.69, 9.17) is 11.6 Å². The first-order valence-corrected chi connectivity index (χ1v) is 8.10. The first-order chi connectivity index (χ1) is 9.67. The highest BCUT2D eigenvalue weighted by atomic mass is 35.5. The van der Waals surface area contributed by atoms with Crippen LogP contribution in [0.5, 0.6) is 0 Å². The second kappa shape index (κ2) is 7.16. The average Bonchev–Trinajstić information content (AvgIpc) is 2.83. The van der Waals surface area contributed by atoms with Crippen LogP contribution < -0.4 is 5.32 Å². The SMILES string of the molecule is CCn1ncc(Cl)c1C(CSc1ccccc1C)NC. The highest BCUT2D eigenvalue weighted by molar-refractivity contribution is 7.99. The maximum atomic E-state index is 6.28. The Morgan fingerprint density at radius 1 is 1.40 bits per heavy atom. The number of rotatable bonds is 6. The fraction of sp³-hybridized carbons (Fsp3) is 0.400. The quantitative estimate of drug-likeness (QED) is 0.820. The molecule has 1 N–H and O–H groups in total. The average molecular weight is 310 g/mol. The number of nitrogens with one attached hydrogen (secondary N) is 1. The van der Waals surface area contributed by atoms with E-state index in [1.54, 1.807) is 6.20 Å². The van der Waals surface area contributed by atoms with Gasteiger partial charge in [-0.1, -0.05) is 29.8 Å². The van der Waals surface area contributed by atoms with E-state index in [0.717, 1.165) is 23.0 Å². The van der Waals surface area contributed by atoms with Gasteiger partial charge in [0, 0.05) is 17.2 Å². The molecule has 0 aliphatic heterocycles. The van der Waals surface area contributed by atoms with Crippen molar-refractivity contribution in [3.05, 3.63) is 46.7 Å². The predicted molar refractivity (Wildman–Crippen MR) is 86.6 cm³/mol. The molecule has 20 heavy (non-hydrogen) atoms. The Morgan fingerprint density at radius 3 is 2.80 bits per heavy atom. The van der Waals surface area contributed by atoms with Crippen molar-refractivity contribution in [1.29, 1.82) is 0 Å². The number of nitrogens with zero attached hydrogens (tertiary/aromatic N) is 2. The van der Waals surface area contributed by atoms with E-state index in [1.165, 1.54) is 10.5 Å². The Bertz CT molecular complexity index is 568. The molecule has 0 aliphatic rings. The van der Waals surface area contributed by atoms with Gasteiger partial charge in [-0.3, -0.25) is 4.68 Å². The van der Waals surface area contributed by atoms with E-state index >= 15 is 0 Å². The van der Waals surface area contributed by atoms with Crippen LogP contribution in [0.4, 0.5) is 0 Å². The van der Waals surface area contributed by atoms with Gasteiger partial charge >= 0.3 is 0 Å². The molecule has 1 unspecified atom stereocenters. The van der Waals surface area contributed by atoms with E-state index < -0.39 is 0 Å². The topological polar surface area (TPSA) is 29.9 Å². The zero-order chi connectivity index (χ0) is 14.5. The van der Waals surface area contributed by atoms with Crippen molar-refractivity contribution < 1.29 is 0 Å².